The van der Waals surface area contributed by atoms with E-state index >= 15 is 0 Å². The Balaban J connectivity index is 1.67. The molecule has 0 aliphatic heterocycles. The van der Waals surface area contributed by atoms with Gasteiger partial charge in [0.2, 0.25) is 11.7 Å². The van der Waals surface area contributed by atoms with Crippen molar-refractivity contribution in [2.24, 2.45) is 0 Å². The molecule has 2 aromatic carbocycles. The molecule has 3 N–H and O–H groups in total. The van der Waals surface area contributed by atoms with Crippen LogP contribution in [0.15, 0.2) is 68.7 Å². The van der Waals surface area contributed by atoms with Crippen LogP contribution in [-0.4, -0.2) is 40.0 Å². The standard InChI is InChI=1S/C24H25FN6O4/c1-34-13-5-12-30(15-19-27-22(29-35-19)17-8-10-18(25)11-9-17)20-21(26)31(24(33)28-23(20)32)14-16-6-3-2-4-7-16/h2-4,6-11H,5,12-15,26H2,1H3,(H,28,32,33). The minimum absolute atomic E-state index is 0.0262. The van der Waals surface area contributed by atoms with Crippen molar-refractivity contribution in [3.63, 3.8) is 0 Å². The van der Waals surface area contributed by atoms with E-state index in [1.807, 2.05) is 30.3 Å². The smallest absolute Gasteiger partial charge is 0.330 e. The Morgan fingerprint density at radius 3 is 2.60 bits per heavy atom. The average molecular weight is 481 g/mol. The van der Waals surface area contributed by atoms with Gasteiger partial charge in [0.05, 0.1) is 13.1 Å². The fraction of sp³-hybridized carbons (Fsp3) is 0.250. The fourth-order valence-corrected chi connectivity index (χ4v) is 3.67. The third-order valence-corrected chi connectivity index (χ3v) is 5.39. The van der Waals surface area contributed by atoms with Crippen LogP contribution in [0.25, 0.3) is 11.4 Å². The summed E-state index contributed by atoms with van der Waals surface area (Å²) in [7, 11) is 1.58. The maximum absolute atomic E-state index is 13.2. The summed E-state index contributed by atoms with van der Waals surface area (Å²) in [6, 6.07) is 15.0. The van der Waals surface area contributed by atoms with Crippen LogP contribution in [0.3, 0.4) is 0 Å². The molecule has 4 rings (SSSR count). The highest BCUT2D eigenvalue weighted by molar-refractivity contribution is 5.62. The van der Waals surface area contributed by atoms with Gasteiger partial charge in [0.15, 0.2) is 0 Å². The lowest BCUT2D eigenvalue weighted by molar-refractivity contribution is 0.195. The summed E-state index contributed by atoms with van der Waals surface area (Å²) in [4.78, 5) is 33.8. The van der Waals surface area contributed by atoms with Gasteiger partial charge in [-0.25, -0.2) is 9.18 Å². The molecule has 2 heterocycles. The number of benzene rings is 2. The highest BCUT2D eigenvalue weighted by atomic mass is 19.1. The highest BCUT2D eigenvalue weighted by Gasteiger charge is 2.22. The Morgan fingerprint density at radius 2 is 1.89 bits per heavy atom. The molecule has 0 amide bonds. The van der Waals surface area contributed by atoms with E-state index in [9.17, 15) is 14.0 Å². The van der Waals surface area contributed by atoms with Gasteiger partial charge in [-0.05, 0) is 36.2 Å². The quantitative estimate of drug-likeness (QED) is 0.331. The minimum atomic E-state index is -0.618. The third-order valence-electron chi connectivity index (χ3n) is 5.39. The molecule has 0 fully saturated rings. The summed E-state index contributed by atoms with van der Waals surface area (Å²) in [6.07, 6.45) is 0.576. The first-order valence-electron chi connectivity index (χ1n) is 10.9. The second-order valence-corrected chi connectivity index (χ2v) is 7.85. The number of nitrogens with zero attached hydrogens (tertiary/aromatic N) is 4. The molecule has 0 bridgehead atoms. The molecular formula is C24H25FN6O4. The van der Waals surface area contributed by atoms with E-state index < -0.39 is 11.2 Å². The van der Waals surface area contributed by atoms with Gasteiger partial charge in [-0.2, -0.15) is 4.98 Å². The van der Waals surface area contributed by atoms with Crippen molar-refractivity contribution in [1.82, 2.24) is 19.7 Å². The Hall–Kier alpha value is -4.25. The average Bonchev–Trinajstić information content (AvgIpc) is 3.31. The number of aromatic amines is 1. The second-order valence-electron chi connectivity index (χ2n) is 7.85. The summed E-state index contributed by atoms with van der Waals surface area (Å²) in [5, 5.41) is 3.96. The number of nitrogens with one attached hydrogen (secondary N) is 1. The summed E-state index contributed by atoms with van der Waals surface area (Å²) in [6.45, 7) is 1.08. The molecule has 0 saturated carbocycles. The molecule has 35 heavy (non-hydrogen) atoms. The van der Waals surface area contributed by atoms with Crippen molar-refractivity contribution >= 4 is 11.5 Å². The maximum Gasteiger partial charge on any atom is 0.330 e. The molecule has 0 saturated heterocycles. The van der Waals surface area contributed by atoms with Crippen LogP contribution in [-0.2, 0) is 17.8 Å². The molecule has 0 atom stereocenters. The van der Waals surface area contributed by atoms with Crippen LogP contribution in [0.5, 0.6) is 0 Å². The van der Waals surface area contributed by atoms with E-state index in [-0.39, 0.29) is 42.1 Å². The van der Waals surface area contributed by atoms with Gasteiger partial charge >= 0.3 is 5.69 Å². The van der Waals surface area contributed by atoms with E-state index in [4.69, 9.17) is 15.0 Å². The van der Waals surface area contributed by atoms with E-state index in [1.54, 1.807) is 24.1 Å². The van der Waals surface area contributed by atoms with Gasteiger partial charge in [-0.3, -0.25) is 14.3 Å². The van der Waals surface area contributed by atoms with E-state index in [2.05, 4.69) is 15.1 Å². The highest BCUT2D eigenvalue weighted by Crippen LogP contribution is 2.22. The summed E-state index contributed by atoms with van der Waals surface area (Å²) in [5.74, 6) is 0.162. The number of hydrogen-bond donors (Lipinski definition) is 2. The van der Waals surface area contributed by atoms with Crippen molar-refractivity contribution in [2.45, 2.75) is 19.5 Å². The first-order valence-corrected chi connectivity index (χ1v) is 10.9. The number of halogens is 1. The predicted molar refractivity (Wildman–Crippen MR) is 129 cm³/mol. The first-order chi connectivity index (χ1) is 17.0. The minimum Gasteiger partial charge on any atom is -0.385 e. The largest absolute Gasteiger partial charge is 0.385 e. The van der Waals surface area contributed by atoms with Gasteiger partial charge in [0, 0.05) is 25.8 Å². The molecule has 0 aliphatic rings. The zero-order valence-electron chi connectivity index (χ0n) is 19.1. The van der Waals surface area contributed by atoms with Crippen LogP contribution < -0.4 is 21.9 Å². The second kappa shape index (κ2) is 10.8. The van der Waals surface area contributed by atoms with E-state index in [0.717, 1.165) is 5.56 Å². The lowest BCUT2D eigenvalue weighted by atomic mass is 10.2. The SMILES string of the molecule is COCCCN(Cc1nc(-c2ccc(F)cc2)no1)c1c(N)n(Cc2ccccc2)c(=O)[nH]c1=O. The molecule has 0 radical (unpaired) electrons. The van der Waals surface area contributed by atoms with Crippen LogP contribution in [0.2, 0.25) is 0 Å². The number of anilines is 2. The number of ether oxygens (including phenoxy) is 1. The molecular weight excluding hydrogens is 455 g/mol. The maximum atomic E-state index is 13.2. The number of nitrogen functional groups attached to an aromatic ring is 1. The Kier molecular flexibility index (Phi) is 7.36. The van der Waals surface area contributed by atoms with Gasteiger partial charge < -0.3 is 19.9 Å². The summed E-state index contributed by atoms with van der Waals surface area (Å²) >= 11 is 0. The van der Waals surface area contributed by atoms with Gasteiger partial charge in [0.25, 0.3) is 5.56 Å². The van der Waals surface area contributed by atoms with Crippen LogP contribution in [0.1, 0.15) is 17.9 Å². The third kappa shape index (κ3) is 5.64. The number of H-pyrrole nitrogens is 1. The zero-order chi connectivity index (χ0) is 24.8. The van der Waals surface area contributed by atoms with Crippen LogP contribution in [0.4, 0.5) is 15.9 Å². The Labute approximate surface area is 199 Å². The first kappa shape index (κ1) is 23.9. The zero-order valence-corrected chi connectivity index (χ0v) is 19.1. The van der Waals surface area contributed by atoms with Gasteiger partial charge in [-0.15, -0.1) is 0 Å². The molecule has 0 spiro atoms. The lowest BCUT2D eigenvalue weighted by Crippen LogP contribution is -2.39. The molecule has 10 nitrogen and oxygen atoms in total. The van der Waals surface area contributed by atoms with Crippen molar-refractivity contribution in [2.75, 3.05) is 30.9 Å². The molecule has 0 aliphatic carbocycles. The molecule has 2 aromatic heterocycles. The van der Waals surface area contributed by atoms with E-state index in [0.29, 0.717) is 25.1 Å². The Morgan fingerprint density at radius 1 is 1.14 bits per heavy atom. The number of aromatic nitrogens is 4. The molecule has 11 heteroatoms. The fourth-order valence-electron chi connectivity index (χ4n) is 3.67. The van der Waals surface area contributed by atoms with Crippen LogP contribution in [0, 0.1) is 5.82 Å². The number of nitrogens with two attached hydrogens (primary N) is 1. The van der Waals surface area contributed by atoms with Crippen molar-refractivity contribution in [3.05, 3.63) is 92.7 Å². The van der Waals surface area contributed by atoms with Crippen molar-refractivity contribution < 1.29 is 13.7 Å². The predicted octanol–water partition coefficient (Wildman–Crippen LogP) is 2.40. The molecule has 182 valence electrons. The number of rotatable bonds is 10. The van der Waals surface area contributed by atoms with Crippen molar-refractivity contribution in [3.8, 4) is 11.4 Å². The Bertz CT molecular complexity index is 1380. The summed E-state index contributed by atoms with van der Waals surface area (Å²) < 4.78 is 25.1. The number of methoxy groups -OCH3 is 1. The number of hydrogen-bond acceptors (Lipinski definition) is 8. The topological polar surface area (TPSA) is 132 Å². The van der Waals surface area contributed by atoms with Crippen molar-refractivity contribution in [1.29, 1.82) is 0 Å². The summed E-state index contributed by atoms with van der Waals surface area (Å²) in [5.41, 5.74) is 6.71. The van der Waals surface area contributed by atoms with Gasteiger partial charge in [-0.1, -0.05) is 35.5 Å². The van der Waals surface area contributed by atoms with E-state index in [1.165, 1.54) is 16.7 Å². The van der Waals surface area contributed by atoms with Crippen LogP contribution >= 0.6 is 0 Å². The monoisotopic (exact) mass is 480 g/mol. The molecule has 0 unspecified atom stereocenters. The lowest BCUT2D eigenvalue weighted by Gasteiger charge is -2.24. The van der Waals surface area contributed by atoms with Gasteiger partial charge in [0.1, 0.15) is 17.3 Å². The normalized spacial score (nSPS) is 11.0. The molecule has 4 aromatic rings.